The monoisotopic (exact) mass is 353 g/mol. The highest BCUT2D eigenvalue weighted by Crippen LogP contribution is 2.37. The van der Waals surface area contributed by atoms with Crippen LogP contribution in [0.1, 0.15) is 11.6 Å². The lowest BCUT2D eigenvalue weighted by Gasteiger charge is -2.31. The molecule has 5 nitrogen and oxygen atoms in total. The predicted molar refractivity (Wildman–Crippen MR) is 96.3 cm³/mol. The minimum atomic E-state index is -0.440. The summed E-state index contributed by atoms with van der Waals surface area (Å²) in [5.74, 6) is -0.0991. The Hall–Kier alpha value is -2.79. The van der Waals surface area contributed by atoms with Gasteiger partial charge in [0.25, 0.3) is 5.91 Å². The van der Waals surface area contributed by atoms with Gasteiger partial charge in [0.1, 0.15) is 0 Å². The summed E-state index contributed by atoms with van der Waals surface area (Å²) in [6.45, 7) is 0.364. The molecule has 2 aliphatic heterocycles. The lowest BCUT2D eigenvalue weighted by Crippen LogP contribution is -2.45. The summed E-state index contributed by atoms with van der Waals surface area (Å²) >= 11 is 5.95. The molecule has 2 aliphatic rings. The maximum atomic E-state index is 13.1. The topological polar surface area (TPSA) is 52.7 Å². The van der Waals surface area contributed by atoms with Gasteiger partial charge in [0.2, 0.25) is 0 Å². The molecule has 1 N–H and O–H groups in total. The van der Waals surface area contributed by atoms with Crippen molar-refractivity contribution in [1.29, 1.82) is 0 Å². The highest BCUT2D eigenvalue weighted by molar-refractivity contribution is 6.30. The van der Waals surface area contributed by atoms with Gasteiger partial charge in [0.15, 0.2) is 0 Å². The molecule has 2 aromatic carbocycles. The Balaban J connectivity index is 1.76. The van der Waals surface area contributed by atoms with E-state index in [2.05, 4.69) is 5.32 Å². The second kappa shape index (κ2) is 5.93. The van der Waals surface area contributed by atoms with Crippen LogP contribution in [0.4, 0.5) is 10.5 Å². The van der Waals surface area contributed by atoms with Crippen molar-refractivity contribution in [3.8, 4) is 0 Å². The van der Waals surface area contributed by atoms with Gasteiger partial charge < -0.3 is 10.2 Å². The molecule has 2 aromatic rings. The molecular weight excluding hydrogens is 338 g/mol. The van der Waals surface area contributed by atoms with Crippen LogP contribution in [0, 0.1) is 0 Å². The van der Waals surface area contributed by atoms with E-state index in [1.807, 2.05) is 42.5 Å². The van der Waals surface area contributed by atoms with Crippen molar-refractivity contribution in [1.82, 2.24) is 10.2 Å². The van der Waals surface area contributed by atoms with E-state index in [0.717, 1.165) is 16.9 Å². The molecule has 0 fully saturated rings. The van der Waals surface area contributed by atoms with Gasteiger partial charge in [-0.2, -0.15) is 0 Å². The van der Waals surface area contributed by atoms with Crippen LogP contribution in [-0.4, -0.2) is 30.4 Å². The minimum absolute atomic E-state index is 0.0991. The molecule has 0 saturated heterocycles. The Morgan fingerprint density at radius 3 is 2.40 bits per heavy atom. The lowest BCUT2D eigenvalue weighted by atomic mass is 9.96. The van der Waals surface area contributed by atoms with Crippen LogP contribution in [0.2, 0.25) is 5.02 Å². The van der Waals surface area contributed by atoms with E-state index >= 15 is 0 Å². The minimum Gasteiger partial charge on any atom is -0.327 e. The molecule has 0 aliphatic carbocycles. The Labute approximate surface area is 150 Å². The summed E-state index contributed by atoms with van der Waals surface area (Å²) in [4.78, 5) is 28.7. The summed E-state index contributed by atoms with van der Waals surface area (Å²) in [6, 6.07) is 16.0. The number of hydrogen-bond acceptors (Lipinski definition) is 2. The van der Waals surface area contributed by atoms with Crippen LogP contribution in [0.5, 0.6) is 0 Å². The number of benzene rings is 2. The molecule has 6 heteroatoms. The largest absolute Gasteiger partial charge is 0.327 e. The number of nitrogens with zero attached hydrogens (tertiary/aromatic N) is 2. The van der Waals surface area contributed by atoms with Crippen LogP contribution < -0.4 is 10.2 Å². The van der Waals surface area contributed by atoms with Crippen LogP contribution in [0.15, 0.2) is 65.9 Å². The van der Waals surface area contributed by atoms with Crippen LogP contribution in [0.25, 0.3) is 0 Å². The van der Waals surface area contributed by atoms with E-state index in [9.17, 15) is 9.59 Å². The highest BCUT2D eigenvalue weighted by Gasteiger charge is 2.43. The normalized spacial score (nSPS) is 20.0. The molecular formula is C19H16ClN3O2. The average Bonchev–Trinajstić information content (AvgIpc) is 2.97. The first kappa shape index (κ1) is 15.7. The molecule has 0 bridgehead atoms. The van der Waals surface area contributed by atoms with Crippen molar-refractivity contribution in [2.24, 2.45) is 0 Å². The molecule has 0 aromatic heterocycles. The molecule has 2 heterocycles. The Morgan fingerprint density at radius 1 is 1.04 bits per heavy atom. The summed E-state index contributed by atoms with van der Waals surface area (Å²) < 4.78 is 0. The fourth-order valence-electron chi connectivity index (χ4n) is 3.29. The third kappa shape index (κ3) is 2.57. The molecule has 0 spiro atoms. The summed E-state index contributed by atoms with van der Waals surface area (Å²) in [5.41, 5.74) is 3.00. The quantitative estimate of drug-likeness (QED) is 0.900. The molecule has 4 rings (SSSR count). The van der Waals surface area contributed by atoms with Gasteiger partial charge in [-0.1, -0.05) is 41.9 Å². The maximum absolute atomic E-state index is 13.1. The van der Waals surface area contributed by atoms with Crippen molar-refractivity contribution in [2.75, 3.05) is 18.5 Å². The smallest absolute Gasteiger partial charge is 0.322 e. The molecule has 0 radical (unpaired) electrons. The number of carbonyl (C=O) groups excluding carboxylic acids is 2. The number of likely N-dealkylation sites (N-methyl/N-ethyl adjacent to an activating group) is 1. The van der Waals surface area contributed by atoms with Crippen LogP contribution >= 0.6 is 11.6 Å². The van der Waals surface area contributed by atoms with Crippen molar-refractivity contribution in [3.63, 3.8) is 0 Å². The number of urea groups is 1. The van der Waals surface area contributed by atoms with Crippen molar-refractivity contribution in [3.05, 3.63) is 76.5 Å². The maximum Gasteiger partial charge on any atom is 0.322 e. The van der Waals surface area contributed by atoms with E-state index < -0.39 is 6.04 Å². The fraction of sp³-hybridized carbons (Fsp3) is 0.158. The number of nitrogens with one attached hydrogen (secondary N) is 1. The number of halogens is 1. The second-order valence-corrected chi connectivity index (χ2v) is 6.52. The molecule has 1 atom stereocenters. The Kier molecular flexibility index (Phi) is 3.73. The summed E-state index contributed by atoms with van der Waals surface area (Å²) in [7, 11) is 1.69. The second-order valence-electron chi connectivity index (χ2n) is 6.08. The predicted octanol–water partition coefficient (Wildman–Crippen LogP) is 3.34. The van der Waals surface area contributed by atoms with Crippen molar-refractivity contribution in [2.45, 2.75) is 6.04 Å². The first-order chi connectivity index (χ1) is 12.1. The zero-order valence-corrected chi connectivity index (χ0v) is 14.3. The number of hydrogen-bond donors (Lipinski definition) is 1. The Bertz CT molecular complexity index is 877. The van der Waals surface area contributed by atoms with E-state index in [1.54, 1.807) is 24.1 Å². The van der Waals surface area contributed by atoms with Gasteiger partial charge in [-0.25, -0.2) is 4.79 Å². The first-order valence-corrected chi connectivity index (χ1v) is 8.33. The standard InChI is InChI=1S/C19H16ClN3O2/c1-22-15-11-23(14-9-7-13(20)8-10-14)18(24)16(15)17(21-19(22)25)12-5-3-2-4-6-12/h2-10,17H,11H2,1H3,(H,21,25). The van der Waals surface area contributed by atoms with E-state index in [0.29, 0.717) is 17.1 Å². The SMILES string of the molecule is CN1C(=O)NC(c2ccccc2)C2=C1CN(c1ccc(Cl)cc1)C2=O. The van der Waals surface area contributed by atoms with Gasteiger partial charge in [-0.15, -0.1) is 0 Å². The zero-order chi connectivity index (χ0) is 17.6. The van der Waals surface area contributed by atoms with Gasteiger partial charge >= 0.3 is 6.03 Å². The van der Waals surface area contributed by atoms with Gasteiger partial charge in [-0.05, 0) is 29.8 Å². The number of anilines is 1. The highest BCUT2D eigenvalue weighted by atomic mass is 35.5. The number of amides is 3. The number of rotatable bonds is 2. The van der Waals surface area contributed by atoms with E-state index in [4.69, 9.17) is 11.6 Å². The third-order valence-electron chi connectivity index (χ3n) is 4.63. The summed E-state index contributed by atoms with van der Waals surface area (Å²) in [5, 5.41) is 3.54. The zero-order valence-electron chi connectivity index (χ0n) is 13.6. The molecule has 126 valence electrons. The Morgan fingerprint density at radius 2 is 1.72 bits per heavy atom. The van der Waals surface area contributed by atoms with Gasteiger partial charge in [0, 0.05) is 17.8 Å². The van der Waals surface area contributed by atoms with Crippen LogP contribution in [-0.2, 0) is 4.79 Å². The van der Waals surface area contributed by atoms with Crippen molar-refractivity contribution >= 4 is 29.2 Å². The number of carbonyl (C=O) groups is 2. The van der Waals surface area contributed by atoms with Gasteiger partial charge in [0.05, 0.1) is 23.9 Å². The molecule has 1 unspecified atom stereocenters. The lowest BCUT2D eigenvalue weighted by molar-refractivity contribution is -0.114. The van der Waals surface area contributed by atoms with Crippen LogP contribution in [0.3, 0.4) is 0 Å². The molecule has 0 saturated carbocycles. The summed E-state index contributed by atoms with van der Waals surface area (Å²) in [6.07, 6.45) is 0. The molecule has 25 heavy (non-hydrogen) atoms. The fourth-order valence-corrected chi connectivity index (χ4v) is 3.42. The van der Waals surface area contributed by atoms with E-state index in [-0.39, 0.29) is 11.9 Å². The molecule has 3 amide bonds. The first-order valence-electron chi connectivity index (χ1n) is 7.96. The van der Waals surface area contributed by atoms with E-state index in [1.165, 1.54) is 4.90 Å². The average molecular weight is 354 g/mol. The van der Waals surface area contributed by atoms with Crippen molar-refractivity contribution < 1.29 is 9.59 Å². The third-order valence-corrected chi connectivity index (χ3v) is 4.88. The van der Waals surface area contributed by atoms with Gasteiger partial charge in [-0.3, -0.25) is 9.69 Å².